The van der Waals surface area contributed by atoms with E-state index in [1.54, 1.807) is 25.6 Å². The Hall–Kier alpha value is -1.53. The molecule has 76 valence electrons. The molecule has 0 saturated carbocycles. The molecular weight excluding hydrogens is 182 g/mol. The van der Waals surface area contributed by atoms with Crippen LogP contribution < -0.4 is 11.3 Å². The molecule has 0 bridgehead atoms. The predicted molar refractivity (Wildman–Crippen MR) is 52.6 cm³/mol. The summed E-state index contributed by atoms with van der Waals surface area (Å²) in [4.78, 5) is 4.19. The number of hydrogen-bond donors (Lipinski definition) is 2. The summed E-state index contributed by atoms with van der Waals surface area (Å²) in [7, 11) is 1.62. The van der Waals surface area contributed by atoms with Gasteiger partial charge in [-0.3, -0.25) is 4.99 Å². The van der Waals surface area contributed by atoms with Crippen LogP contribution in [0.2, 0.25) is 0 Å². The molecule has 0 aliphatic carbocycles. The van der Waals surface area contributed by atoms with Crippen LogP contribution in [0.15, 0.2) is 23.5 Å². The first kappa shape index (κ1) is 10.6. The van der Waals surface area contributed by atoms with E-state index in [9.17, 15) is 0 Å². The lowest BCUT2D eigenvalue weighted by atomic mass is 10.3. The number of amidine groups is 1. The number of aromatic nitrogens is 2. The van der Waals surface area contributed by atoms with Gasteiger partial charge in [-0.05, 0) is 6.07 Å². The molecule has 0 radical (unpaired) electrons. The van der Waals surface area contributed by atoms with Gasteiger partial charge < -0.3 is 10.2 Å². The molecule has 1 heterocycles. The van der Waals surface area contributed by atoms with Gasteiger partial charge in [-0.2, -0.15) is 10.2 Å². The molecule has 0 spiro atoms. The molecule has 0 aliphatic rings. The zero-order valence-corrected chi connectivity index (χ0v) is 7.97. The Balaban J connectivity index is 2.67. The summed E-state index contributed by atoms with van der Waals surface area (Å²) in [6.45, 7) is 1.11. The van der Waals surface area contributed by atoms with E-state index in [1.807, 2.05) is 0 Å². The van der Waals surface area contributed by atoms with Crippen molar-refractivity contribution in [3.05, 3.63) is 24.0 Å². The van der Waals surface area contributed by atoms with E-state index in [4.69, 9.17) is 10.6 Å². The highest BCUT2D eigenvalue weighted by Gasteiger charge is 1.99. The normalized spacial score (nSPS) is 11.4. The highest BCUT2D eigenvalue weighted by molar-refractivity contribution is 5.97. The van der Waals surface area contributed by atoms with Gasteiger partial charge in [0.1, 0.15) is 5.84 Å². The maximum absolute atomic E-state index is 5.32. The molecule has 1 aromatic rings. The van der Waals surface area contributed by atoms with Crippen LogP contribution in [0.5, 0.6) is 0 Å². The number of nitrogens with zero attached hydrogens (tertiary/aromatic N) is 3. The van der Waals surface area contributed by atoms with E-state index in [2.05, 4.69) is 20.6 Å². The smallest absolute Gasteiger partial charge is 0.144 e. The topological polar surface area (TPSA) is 85.4 Å². The second-order valence-electron chi connectivity index (χ2n) is 2.50. The molecular formula is C8H13N5O. The fourth-order valence-corrected chi connectivity index (χ4v) is 0.900. The van der Waals surface area contributed by atoms with E-state index >= 15 is 0 Å². The van der Waals surface area contributed by atoms with E-state index < -0.39 is 0 Å². The molecule has 0 fully saturated rings. The summed E-state index contributed by atoms with van der Waals surface area (Å²) in [5.74, 6) is 5.90. The van der Waals surface area contributed by atoms with Crippen LogP contribution >= 0.6 is 0 Å². The Morgan fingerprint density at radius 2 is 2.50 bits per heavy atom. The first-order valence-corrected chi connectivity index (χ1v) is 4.15. The molecule has 0 atom stereocenters. The predicted octanol–water partition coefficient (Wildman–Crippen LogP) is -0.667. The lowest BCUT2D eigenvalue weighted by Gasteiger charge is -2.04. The fourth-order valence-electron chi connectivity index (χ4n) is 0.900. The highest BCUT2D eigenvalue weighted by Crippen LogP contribution is 1.94. The molecule has 0 aromatic carbocycles. The minimum absolute atomic E-state index is 0.554. The summed E-state index contributed by atoms with van der Waals surface area (Å²) in [6, 6.07) is 1.78. The first-order chi connectivity index (χ1) is 6.88. The number of hydrazine groups is 1. The van der Waals surface area contributed by atoms with Gasteiger partial charge in [-0.15, -0.1) is 0 Å². The minimum Gasteiger partial charge on any atom is -0.383 e. The standard InChI is InChI=1S/C8H13N5O/c1-14-5-4-10-8(13-9)7-2-3-11-12-6-7/h2-3,6H,4-5,9H2,1H3,(H,10,13). The average molecular weight is 195 g/mol. The Kier molecular flexibility index (Phi) is 4.53. The Labute approximate surface area is 82.2 Å². The summed E-state index contributed by atoms with van der Waals surface area (Å²) in [5, 5.41) is 7.38. The van der Waals surface area contributed by atoms with E-state index in [-0.39, 0.29) is 0 Å². The van der Waals surface area contributed by atoms with Gasteiger partial charge >= 0.3 is 0 Å². The molecule has 6 heteroatoms. The largest absolute Gasteiger partial charge is 0.383 e. The van der Waals surface area contributed by atoms with Crippen LogP contribution in [0, 0.1) is 0 Å². The van der Waals surface area contributed by atoms with Crippen LogP contribution in [0.4, 0.5) is 0 Å². The number of rotatable bonds is 4. The zero-order chi connectivity index (χ0) is 10.2. The van der Waals surface area contributed by atoms with Gasteiger partial charge in [0, 0.05) is 12.7 Å². The van der Waals surface area contributed by atoms with Crippen molar-refractivity contribution in [2.24, 2.45) is 10.8 Å². The summed E-state index contributed by atoms with van der Waals surface area (Å²) >= 11 is 0. The van der Waals surface area contributed by atoms with Crippen molar-refractivity contribution in [3.8, 4) is 0 Å². The number of nitrogens with two attached hydrogens (primary N) is 1. The van der Waals surface area contributed by atoms with Crippen molar-refractivity contribution in [2.45, 2.75) is 0 Å². The number of methoxy groups -OCH3 is 1. The van der Waals surface area contributed by atoms with Crippen molar-refractivity contribution >= 4 is 5.84 Å². The van der Waals surface area contributed by atoms with Gasteiger partial charge in [-0.25, -0.2) is 5.84 Å². The molecule has 6 nitrogen and oxygen atoms in total. The molecule has 3 N–H and O–H groups in total. The lowest BCUT2D eigenvalue weighted by molar-refractivity contribution is 0.208. The summed E-state index contributed by atoms with van der Waals surface area (Å²) < 4.78 is 4.87. The molecule has 1 rings (SSSR count). The highest BCUT2D eigenvalue weighted by atomic mass is 16.5. The van der Waals surface area contributed by atoms with Crippen molar-refractivity contribution in [2.75, 3.05) is 20.3 Å². The minimum atomic E-state index is 0.554. The molecule has 14 heavy (non-hydrogen) atoms. The van der Waals surface area contributed by atoms with E-state index in [0.717, 1.165) is 5.56 Å². The fraction of sp³-hybridized carbons (Fsp3) is 0.375. The van der Waals surface area contributed by atoms with Crippen LogP contribution in [0.1, 0.15) is 5.56 Å². The number of aliphatic imine (C=N–C) groups is 1. The summed E-state index contributed by atoms with van der Waals surface area (Å²) in [6.07, 6.45) is 3.17. The molecule has 0 saturated heterocycles. The van der Waals surface area contributed by atoms with Crippen molar-refractivity contribution in [1.29, 1.82) is 0 Å². The van der Waals surface area contributed by atoms with Gasteiger partial charge in [0.2, 0.25) is 0 Å². The van der Waals surface area contributed by atoms with Crippen molar-refractivity contribution < 1.29 is 4.74 Å². The number of hydrogen-bond acceptors (Lipinski definition) is 5. The van der Waals surface area contributed by atoms with Gasteiger partial charge in [-0.1, -0.05) is 0 Å². The molecule has 0 amide bonds. The van der Waals surface area contributed by atoms with Gasteiger partial charge in [0.25, 0.3) is 0 Å². The third kappa shape index (κ3) is 3.08. The van der Waals surface area contributed by atoms with Crippen LogP contribution in [0.25, 0.3) is 0 Å². The molecule has 0 unspecified atom stereocenters. The first-order valence-electron chi connectivity index (χ1n) is 4.15. The average Bonchev–Trinajstić information content (AvgIpc) is 2.26. The van der Waals surface area contributed by atoms with Gasteiger partial charge in [0.15, 0.2) is 0 Å². The number of ether oxygens (including phenoxy) is 1. The van der Waals surface area contributed by atoms with E-state index in [1.165, 1.54) is 0 Å². The second kappa shape index (κ2) is 6.01. The Bertz CT molecular complexity index is 287. The van der Waals surface area contributed by atoms with Crippen molar-refractivity contribution in [1.82, 2.24) is 15.6 Å². The lowest BCUT2D eigenvalue weighted by Crippen LogP contribution is -2.31. The molecule has 0 aliphatic heterocycles. The maximum atomic E-state index is 5.32. The third-order valence-electron chi connectivity index (χ3n) is 1.56. The number of nitrogens with one attached hydrogen (secondary N) is 1. The SMILES string of the molecule is COCCN=C(NN)c1ccnnc1. The monoisotopic (exact) mass is 195 g/mol. The molecule has 1 aromatic heterocycles. The third-order valence-corrected chi connectivity index (χ3v) is 1.56. The van der Waals surface area contributed by atoms with Crippen LogP contribution in [-0.2, 0) is 4.74 Å². The second-order valence-corrected chi connectivity index (χ2v) is 2.50. The van der Waals surface area contributed by atoms with Crippen LogP contribution in [0.3, 0.4) is 0 Å². The van der Waals surface area contributed by atoms with Gasteiger partial charge in [0.05, 0.1) is 25.5 Å². The van der Waals surface area contributed by atoms with Crippen LogP contribution in [-0.4, -0.2) is 36.3 Å². The zero-order valence-electron chi connectivity index (χ0n) is 7.97. The maximum Gasteiger partial charge on any atom is 0.144 e. The van der Waals surface area contributed by atoms with Crippen molar-refractivity contribution in [3.63, 3.8) is 0 Å². The quantitative estimate of drug-likeness (QED) is 0.219. The Morgan fingerprint density at radius 3 is 3.07 bits per heavy atom. The summed E-state index contributed by atoms with van der Waals surface area (Å²) in [5.41, 5.74) is 3.31. The van der Waals surface area contributed by atoms with E-state index in [0.29, 0.717) is 19.0 Å². The Morgan fingerprint density at radius 1 is 1.64 bits per heavy atom.